The highest BCUT2D eigenvalue weighted by Gasteiger charge is 2.19. The average Bonchev–Trinajstić information content (AvgIpc) is 2.84. The van der Waals surface area contributed by atoms with E-state index in [1.165, 1.54) is 18.4 Å². The number of hydrogen-bond donors (Lipinski definition) is 4. The smallest absolute Gasteiger partial charge is 0.348 e. The predicted molar refractivity (Wildman–Crippen MR) is 124 cm³/mol. The molecule has 12 heteroatoms. The predicted octanol–water partition coefficient (Wildman–Crippen LogP) is -1.08. The maximum absolute atomic E-state index is 12.1. The molecular formula is C23H36N4O8. The van der Waals surface area contributed by atoms with Crippen LogP contribution in [0, 0.1) is 28.6 Å². The van der Waals surface area contributed by atoms with Crippen molar-refractivity contribution in [3.63, 3.8) is 0 Å². The van der Waals surface area contributed by atoms with Crippen LogP contribution in [-0.2, 0) is 19.1 Å². The van der Waals surface area contributed by atoms with Crippen LogP contribution < -0.4 is 0 Å². The standard InChI is InChI=1S/C23H36N4O8/c24-18-20(4-1-6-26(8-12-28)9-13-29)22(32)34-16-3-17-35-23(33)21(19-25)5-2-7-27(10-14-30)11-15-31/h1,4,6,21,28-31H,2-3,5,7-17H2. The summed E-state index contributed by atoms with van der Waals surface area (Å²) >= 11 is 0. The SMILES string of the molecule is N#CC(=CC=CN(CCO)CCO)C(=O)OCCCOC(=O)C(C#N)CCCN(CCO)CCO. The number of nitriles is 2. The minimum absolute atomic E-state index is 0.0511. The lowest BCUT2D eigenvalue weighted by atomic mass is 10.1. The number of esters is 2. The van der Waals surface area contributed by atoms with E-state index in [-0.39, 0.29) is 71.1 Å². The fourth-order valence-corrected chi connectivity index (χ4v) is 2.88. The van der Waals surface area contributed by atoms with Gasteiger partial charge in [0.05, 0.1) is 45.7 Å². The van der Waals surface area contributed by atoms with Crippen molar-refractivity contribution >= 4 is 11.9 Å². The van der Waals surface area contributed by atoms with Crippen LogP contribution in [-0.4, -0.2) is 115 Å². The van der Waals surface area contributed by atoms with Crippen molar-refractivity contribution < 1.29 is 39.5 Å². The molecule has 0 aromatic rings. The van der Waals surface area contributed by atoms with E-state index in [4.69, 9.17) is 35.2 Å². The fourth-order valence-electron chi connectivity index (χ4n) is 2.88. The number of allylic oxidation sites excluding steroid dienone is 2. The van der Waals surface area contributed by atoms with Gasteiger partial charge in [0.2, 0.25) is 0 Å². The van der Waals surface area contributed by atoms with Crippen LogP contribution in [0.3, 0.4) is 0 Å². The monoisotopic (exact) mass is 496 g/mol. The zero-order valence-electron chi connectivity index (χ0n) is 19.9. The molecule has 0 amide bonds. The van der Waals surface area contributed by atoms with Gasteiger partial charge in [-0.15, -0.1) is 0 Å². The molecule has 0 aliphatic heterocycles. The van der Waals surface area contributed by atoms with E-state index in [1.54, 1.807) is 11.0 Å². The molecule has 0 heterocycles. The van der Waals surface area contributed by atoms with Gasteiger partial charge in [-0.05, 0) is 37.7 Å². The van der Waals surface area contributed by atoms with E-state index in [9.17, 15) is 14.9 Å². The van der Waals surface area contributed by atoms with Crippen LogP contribution in [0.5, 0.6) is 0 Å². The summed E-state index contributed by atoms with van der Waals surface area (Å²) in [4.78, 5) is 27.5. The number of aliphatic hydroxyl groups excluding tert-OH is 4. The van der Waals surface area contributed by atoms with Gasteiger partial charge in [0.1, 0.15) is 17.6 Å². The molecular weight excluding hydrogens is 460 g/mol. The van der Waals surface area contributed by atoms with Crippen molar-refractivity contribution in [1.29, 1.82) is 10.5 Å². The highest BCUT2D eigenvalue weighted by Crippen LogP contribution is 2.09. The Hall–Kier alpha value is -3.00. The van der Waals surface area contributed by atoms with Crippen molar-refractivity contribution in [2.24, 2.45) is 5.92 Å². The number of nitrogens with zero attached hydrogens (tertiary/aromatic N) is 4. The molecule has 0 spiro atoms. The second-order valence-corrected chi connectivity index (χ2v) is 7.29. The van der Waals surface area contributed by atoms with Gasteiger partial charge < -0.3 is 34.8 Å². The normalized spacial score (nSPS) is 12.3. The summed E-state index contributed by atoms with van der Waals surface area (Å²) in [5.41, 5.74) is -0.243. The first-order valence-corrected chi connectivity index (χ1v) is 11.4. The molecule has 0 bridgehead atoms. The summed E-state index contributed by atoms with van der Waals surface area (Å²) in [5.74, 6) is -2.46. The Morgan fingerprint density at radius 2 is 1.46 bits per heavy atom. The van der Waals surface area contributed by atoms with Crippen LogP contribution in [0.25, 0.3) is 0 Å². The molecule has 0 aromatic heterocycles. The summed E-state index contributed by atoms with van der Waals surface area (Å²) in [6, 6.07) is 3.64. The number of ether oxygens (including phenoxy) is 2. The molecule has 0 aromatic carbocycles. The molecule has 0 radical (unpaired) electrons. The van der Waals surface area contributed by atoms with Gasteiger partial charge in [0.15, 0.2) is 0 Å². The minimum atomic E-state index is -0.946. The highest BCUT2D eigenvalue weighted by molar-refractivity contribution is 5.93. The van der Waals surface area contributed by atoms with Gasteiger partial charge in [-0.1, -0.05) is 0 Å². The maximum Gasteiger partial charge on any atom is 0.348 e. The summed E-state index contributed by atoms with van der Waals surface area (Å²) in [5, 5.41) is 54.2. The molecule has 0 aliphatic carbocycles. The van der Waals surface area contributed by atoms with Crippen LogP contribution in [0.2, 0.25) is 0 Å². The van der Waals surface area contributed by atoms with Gasteiger partial charge >= 0.3 is 11.9 Å². The van der Waals surface area contributed by atoms with Gasteiger partial charge in [0, 0.05) is 32.6 Å². The third-order valence-corrected chi connectivity index (χ3v) is 4.68. The molecule has 0 fully saturated rings. The Balaban J connectivity index is 4.37. The zero-order valence-corrected chi connectivity index (χ0v) is 19.9. The van der Waals surface area contributed by atoms with Crippen molar-refractivity contribution in [2.45, 2.75) is 19.3 Å². The van der Waals surface area contributed by atoms with Crippen LogP contribution in [0.15, 0.2) is 23.9 Å². The molecule has 0 aliphatic rings. The zero-order chi connectivity index (χ0) is 26.3. The molecule has 1 unspecified atom stereocenters. The lowest BCUT2D eigenvalue weighted by Gasteiger charge is -2.20. The lowest BCUT2D eigenvalue weighted by Crippen LogP contribution is -2.31. The second kappa shape index (κ2) is 21.5. The molecule has 0 saturated carbocycles. The number of rotatable bonds is 20. The first-order valence-electron chi connectivity index (χ1n) is 11.4. The number of carbonyl (C=O) groups is 2. The van der Waals surface area contributed by atoms with Gasteiger partial charge in [-0.3, -0.25) is 9.69 Å². The minimum Gasteiger partial charge on any atom is -0.465 e. The molecule has 35 heavy (non-hydrogen) atoms. The average molecular weight is 497 g/mol. The molecule has 196 valence electrons. The van der Waals surface area contributed by atoms with Crippen molar-refractivity contribution in [2.75, 3.05) is 72.4 Å². The lowest BCUT2D eigenvalue weighted by molar-refractivity contribution is -0.147. The highest BCUT2D eigenvalue weighted by atomic mass is 16.5. The van der Waals surface area contributed by atoms with E-state index in [0.717, 1.165) is 0 Å². The molecule has 1 atom stereocenters. The number of aliphatic hydroxyl groups is 4. The summed E-state index contributed by atoms with van der Waals surface area (Å²) in [7, 11) is 0. The fraction of sp³-hybridized carbons (Fsp3) is 0.652. The Labute approximate surface area is 205 Å². The van der Waals surface area contributed by atoms with E-state index >= 15 is 0 Å². The van der Waals surface area contributed by atoms with Crippen molar-refractivity contribution in [3.05, 3.63) is 23.9 Å². The Kier molecular flexibility index (Phi) is 19.7. The molecule has 0 rings (SSSR count). The Bertz CT molecular complexity index is 733. The largest absolute Gasteiger partial charge is 0.465 e. The van der Waals surface area contributed by atoms with Crippen LogP contribution in [0.4, 0.5) is 0 Å². The van der Waals surface area contributed by atoms with Crippen molar-refractivity contribution in [3.8, 4) is 12.1 Å². The number of carbonyl (C=O) groups excluding carboxylic acids is 2. The molecule has 4 N–H and O–H groups in total. The first kappa shape index (κ1) is 32.0. The quantitative estimate of drug-likeness (QED) is 0.0525. The van der Waals surface area contributed by atoms with Crippen LogP contribution >= 0.6 is 0 Å². The van der Waals surface area contributed by atoms with Gasteiger partial charge in [-0.25, -0.2) is 4.79 Å². The van der Waals surface area contributed by atoms with Gasteiger partial charge in [-0.2, -0.15) is 10.5 Å². The third kappa shape index (κ3) is 15.5. The summed E-state index contributed by atoms with van der Waals surface area (Å²) in [6.45, 7) is 1.39. The van der Waals surface area contributed by atoms with E-state index in [0.29, 0.717) is 26.1 Å². The molecule has 12 nitrogen and oxygen atoms in total. The molecule has 0 saturated heterocycles. The second-order valence-electron chi connectivity index (χ2n) is 7.29. The maximum atomic E-state index is 12.1. The summed E-state index contributed by atoms with van der Waals surface area (Å²) in [6.07, 6.45) is 5.19. The Morgan fingerprint density at radius 3 is 2.00 bits per heavy atom. The van der Waals surface area contributed by atoms with E-state index < -0.39 is 17.9 Å². The van der Waals surface area contributed by atoms with E-state index in [2.05, 4.69) is 0 Å². The topological polar surface area (TPSA) is 188 Å². The Morgan fingerprint density at radius 1 is 0.857 bits per heavy atom. The van der Waals surface area contributed by atoms with E-state index in [1.807, 2.05) is 11.0 Å². The number of hydrogen-bond acceptors (Lipinski definition) is 12. The van der Waals surface area contributed by atoms with Crippen molar-refractivity contribution in [1.82, 2.24) is 9.80 Å². The van der Waals surface area contributed by atoms with Gasteiger partial charge in [0.25, 0.3) is 0 Å². The first-order chi connectivity index (χ1) is 17.0. The summed E-state index contributed by atoms with van der Waals surface area (Å²) < 4.78 is 10.1. The third-order valence-electron chi connectivity index (χ3n) is 4.68. The van der Waals surface area contributed by atoms with Crippen LogP contribution in [0.1, 0.15) is 19.3 Å².